The van der Waals surface area contributed by atoms with Gasteiger partial charge in [-0.15, -0.1) is 0 Å². The summed E-state index contributed by atoms with van der Waals surface area (Å²) in [7, 11) is 0. The number of aliphatic hydroxyl groups is 1. The van der Waals surface area contributed by atoms with Gasteiger partial charge in [0.2, 0.25) is 17.2 Å². The number of Topliss-reactive ketones (excluding diaryl/α,β-unsaturated/α-hetero) is 1. The number of rotatable bonds is 0. The fourth-order valence-corrected chi connectivity index (χ4v) is 0.671. The number of hydrogen-bond acceptors (Lipinski definition) is 2. The first-order valence-electron chi connectivity index (χ1n) is 2.73. The topological polar surface area (TPSA) is 51.3 Å². The molecule has 0 bridgehead atoms. The molecule has 0 spiro atoms. The Balaban J connectivity index is 2.97. The molecule has 9 heavy (non-hydrogen) atoms. The second-order valence-electron chi connectivity index (χ2n) is 1.95. The van der Waals surface area contributed by atoms with Gasteiger partial charge in [-0.05, 0) is 0 Å². The first kappa shape index (κ1) is 6.01. The van der Waals surface area contributed by atoms with Gasteiger partial charge in [0.05, 0.1) is 6.42 Å². The van der Waals surface area contributed by atoms with E-state index in [1.807, 2.05) is 0 Å². The van der Waals surface area contributed by atoms with E-state index in [4.69, 9.17) is 5.11 Å². The fraction of sp³-hybridized carbons (Fsp3) is 0.333. The van der Waals surface area contributed by atoms with Crippen LogP contribution < -0.4 is 4.99 Å². The quantitative estimate of drug-likeness (QED) is 0.433. The maximum atomic E-state index is 10.6. The molecule has 1 rings (SSSR count). The molecule has 0 saturated carbocycles. The van der Waals surface area contributed by atoms with Gasteiger partial charge < -0.3 is 5.11 Å². The van der Waals surface area contributed by atoms with E-state index in [1.165, 1.54) is 0 Å². The summed E-state index contributed by atoms with van der Waals surface area (Å²) in [6.07, 6.45) is 1.90. The van der Waals surface area contributed by atoms with Crippen molar-refractivity contribution >= 4 is 12.0 Å². The highest BCUT2D eigenvalue weighted by Gasteiger charge is 2.17. The van der Waals surface area contributed by atoms with Gasteiger partial charge in [0.15, 0.2) is 6.21 Å². The van der Waals surface area contributed by atoms with Gasteiger partial charge in [-0.3, -0.25) is 4.79 Å². The highest BCUT2D eigenvalue weighted by molar-refractivity contribution is 6.01. The van der Waals surface area contributed by atoms with Crippen LogP contribution in [-0.4, -0.2) is 17.1 Å². The van der Waals surface area contributed by atoms with Gasteiger partial charge in [0.1, 0.15) is 0 Å². The van der Waals surface area contributed by atoms with Gasteiger partial charge in [0.25, 0.3) is 0 Å². The van der Waals surface area contributed by atoms with Crippen molar-refractivity contribution in [3.05, 3.63) is 11.5 Å². The van der Waals surface area contributed by atoms with E-state index >= 15 is 0 Å². The summed E-state index contributed by atoms with van der Waals surface area (Å²) in [4.78, 5) is 13.4. The molecule has 0 unspecified atom stereocenters. The van der Waals surface area contributed by atoms with E-state index in [0.717, 1.165) is 0 Å². The number of ketones is 1. The van der Waals surface area contributed by atoms with Crippen molar-refractivity contribution in [2.24, 2.45) is 0 Å². The van der Waals surface area contributed by atoms with E-state index in [0.29, 0.717) is 5.70 Å². The first-order chi connectivity index (χ1) is 4.22. The molecule has 1 heterocycles. The predicted molar refractivity (Wildman–Crippen MR) is 32.0 cm³/mol. The lowest BCUT2D eigenvalue weighted by Gasteiger charge is -1.97. The van der Waals surface area contributed by atoms with Gasteiger partial charge in [-0.25, -0.2) is 4.99 Å². The van der Waals surface area contributed by atoms with Crippen LogP contribution in [0.2, 0.25) is 0 Å². The van der Waals surface area contributed by atoms with Crippen LogP contribution in [0.15, 0.2) is 11.5 Å². The molecule has 0 aliphatic carbocycles. The van der Waals surface area contributed by atoms with E-state index in [-0.39, 0.29) is 18.0 Å². The Morgan fingerprint density at radius 1 is 1.78 bits per heavy atom. The molecule has 48 valence electrons. The Bertz CT molecular complexity index is 203. The van der Waals surface area contributed by atoms with Crippen molar-refractivity contribution in [2.75, 3.05) is 0 Å². The average molecular weight is 126 g/mol. The predicted octanol–water partition coefficient (Wildman–Crippen LogP) is -1.10. The lowest BCUT2D eigenvalue weighted by molar-refractivity contribution is -0.396. The Morgan fingerprint density at radius 2 is 2.44 bits per heavy atom. The average Bonchev–Trinajstić information content (AvgIpc) is 1.83. The maximum Gasteiger partial charge on any atom is 0.227 e. The molecule has 2 N–H and O–H groups in total. The summed E-state index contributed by atoms with van der Waals surface area (Å²) in [5.74, 6) is -0.358. The third kappa shape index (κ3) is 0.988. The zero-order chi connectivity index (χ0) is 6.85. The monoisotopic (exact) mass is 126 g/mol. The van der Waals surface area contributed by atoms with Crippen LogP contribution in [0.4, 0.5) is 0 Å². The number of nitrogens with one attached hydrogen (secondary N) is 1. The van der Waals surface area contributed by atoms with Crippen molar-refractivity contribution in [2.45, 2.75) is 13.3 Å². The molecule has 0 aromatic rings. The van der Waals surface area contributed by atoms with E-state index in [1.54, 1.807) is 13.1 Å². The van der Waals surface area contributed by atoms with Crippen LogP contribution in [0.3, 0.4) is 0 Å². The SMILES string of the molecule is CC1=C(O)C(=O)CC=[NH+]1. The zero-order valence-corrected chi connectivity index (χ0v) is 5.14. The molecule has 1 aliphatic rings. The minimum atomic E-state index is -0.216. The number of carbonyl (C=O) groups is 1. The first-order valence-corrected chi connectivity index (χ1v) is 2.73. The molecule has 3 heteroatoms. The summed E-state index contributed by atoms with van der Waals surface area (Å²) in [5.41, 5.74) is 0.534. The van der Waals surface area contributed by atoms with Crippen LogP contribution in [0.1, 0.15) is 13.3 Å². The number of aliphatic hydroxyl groups excluding tert-OH is 1. The van der Waals surface area contributed by atoms with Crippen molar-refractivity contribution < 1.29 is 14.9 Å². The molecule has 0 radical (unpaired) electrons. The fourth-order valence-electron chi connectivity index (χ4n) is 0.671. The highest BCUT2D eigenvalue weighted by atomic mass is 16.3. The lowest BCUT2D eigenvalue weighted by atomic mass is 10.2. The third-order valence-corrected chi connectivity index (χ3v) is 1.23. The van der Waals surface area contributed by atoms with Crippen molar-refractivity contribution in [3.63, 3.8) is 0 Å². The van der Waals surface area contributed by atoms with Gasteiger partial charge in [-0.1, -0.05) is 0 Å². The molecule has 0 saturated heterocycles. The van der Waals surface area contributed by atoms with Crippen LogP contribution in [-0.2, 0) is 4.79 Å². The molecule has 0 aromatic heterocycles. The molecule has 0 atom stereocenters. The normalized spacial score (nSPS) is 19.0. The van der Waals surface area contributed by atoms with E-state index < -0.39 is 0 Å². The van der Waals surface area contributed by atoms with Gasteiger partial charge in [0, 0.05) is 6.92 Å². The lowest BCUT2D eigenvalue weighted by Crippen LogP contribution is -2.68. The molecule has 3 nitrogen and oxygen atoms in total. The second kappa shape index (κ2) is 2.01. The zero-order valence-electron chi connectivity index (χ0n) is 5.14. The Morgan fingerprint density at radius 3 is 2.89 bits per heavy atom. The van der Waals surface area contributed by atoms with Crippen LogP contribution in [0, 0.1) is 0 Å². The summed E-state index contributed by atoms with van der Waals surface area (Å²) in [6.45, 7) is 1.66. The molecule has 0 aromatic carbocycles. The van der Waals surface area contributed by atoms with Gasteiger partial charge >= 0.3 is 0 Å². The van der Waals surface area contributed by atoms with Crippen molar-refractivity contribution in [3.8, 4) is 0 Å². The van der Waals surface area contributed by atoms with E-state index in [9.17, 15) is 4.79 Å². The molecule has 0 amide bonds. The maximum absolute atomic E-state index is 10.6. The third-order valence-electron chi connectivity index (χ3n) is 1.23. The Hall–Kier alpha value is -1.12. The van der Waals surface area contributed by atoms with Crippen LogP contribution in [0.5, 0.6) is 0 Å². The van der Waals surface area contributed by atoms with Gasteiger partial charge in [-0.2, -0.15) is 0 Å². The van der Waals surface area contributed by atoms with Crippen LogP contribution >= 0.6 is 0 Å². The second-order valence-corrected chi connectivity index (χ2v) is 1.95. The minimum absolute atomic E-state index is 0.141. The summed E-state index contributed by atoms with van der Waals surface area (Å²) in [5, 5.41) is 8.89. The Kier molecular flexibility index (Phi) is 1.34. The number of carbonyl (C=O) groups excluding carboxylic acids is 1. The molecular weight excluding hydrogens is 118 g/mol. The largest absolute Gasteiger partial charge is 0.500 e. The minimum Gasteiger partial charge on any atom is -0.500 e. The van der Waals surface area contributed by atoms with Crippen molar-refractivity contribution in [1.29, 1.82) is 0 Å². The summed E-state index contributed by atoms with van der Waals surface area (Å²) < 4.78 is 0. The molecule has 0 fully saturated rings. The van der Waals surface area contributed by atoms with E-state index in [2.05, 4.69) is 4.99 Å². The van der Waals surface area contributed by atoms with Crippen molar-refractivity contribution in [1.82, 2.24) is 0 Å². The Labute approximate surface area is 52.7 Å². The summed E-state index contributed by atoms with van der Waals surface area (Å²) >= 11 is 0. The number of allylic oxidation sites excluding steroid dienone is 2. The number of hydrogen-bond donors (Lipinski definition) is 2. The smallest absolute Gasteiger partial charge is 0.227 e. The standard InChI is InChI=1S/C6H7NO2/c1-4-6(9)5(8)2-3-7-4/h3,9H,2H2,1H3/p+1. The molecule has 1 aliphatic heterocycles. The molecular formula is C6H8NO2+. The highest BCUT2D eigenvalue weighted by Crippen LogP contribution is 1.97. The summed E-state index contributed by atoms with van der Waals surface area (Å²) in [6, 6.07) is 0. The van der Waals surface area contributed by atoms with Crippen LogP contribution in [0.25, 0.3) is 0 Å².